The standard InChI is InChI=1S/C10H8BrN3O5S/c1-6-9(11)10(12-19-6)13-20(17,18)8-4-2-3-7(5-8)14(15)16/h2-5H,1H3,(H,12,13). The average molecular weight is 362 g/mol. The number of hydrogen-bond donors (Lipinski definition) is 1. The number of nitrogens with one attached hydrogen (secondary N) is 1. The smallest absolute Gasteiger partial charge is 0.270 e. The minimum absolute atomic E-state index is 0.0194. The maximum atomic E-state index is 12.1. The molecule has 0 saturated carbocycles. The lowest BCUT2D eigenvalue weighted by Crippen LogP contribution is -2.13. The van der Waals surface area contributed by atoms with E-state index in [1.54, 1.807) is 6.92 Å². The summed E-state index contributed by atoms with van der Waals surface area (Å²) in [6.45, 7) is 1.60. The van der Waals surface area contributed by atoms with Gasteiger partial charge in [0.2, 0.25) is 0 Å². The van der Waals surface area contributed by atoms with Crippen LogP contribution in [-0.2, 0) is 10.0 Å². The summed E-state index contributed by atoms with van der Waals surface area (Å²) < 4.78 is 31.6. The van der Waals surface area contributed by atoms with Crippen molar-refractivity contribution in [3.8, 4) is 0 Å². The number of halogens is 1. The van der Waals surface area contributed by atoms with Crippen LogP contribution in [0.1, 0.15) is 5.76 Å². The zero-order chi connectivity index (χ0) is 14.9. The van der Waals surface area contributed by atoms with Gasteiger partial charge in [-0.3, -0.25) is 14.8 Å². The molecule has 8 nitrogen and oxygen atoms in total. The minimum atomic E-state index is -3.99. The summed E-state index contributed by atoms with van der Waals surface area (Å²) in [6.07, 6.45) is 0. The highest BCUT2D eigenvalue weighted by Gasteiger charge is 2.21. The Balaban J connectivity index is 2.38. The molecule has 0 amide bonds. The Morgan fingerprint density at radius 3 is 2.70 bits per heavy atom. The predicted molar refractivity (Wildman–Crippen MR) is 72.8 cm³/mol. The summed E-state index contributed by atoms with van der Waals surface area (Å²) in [7, 11) is -3.99. The lowest BCUT2D eigenvalue weighted by Gasteiger charge is -2.05. The van der Waals surface area contributed by atoms with Crippen molar-refractivity contribution in [2.24, 2.45) is 0 Å². The number of non-ortho nitro benzene ring substituents is 1. The largest absolute Gasteiger partial charge is 0.358 e. The van der Waals surface area contributed by atoms with Crippen LogP contribution in [-0.4, -0.2) is 18.5 Å². The lowest BCUT2D eigenvalue weighted by atomic mass is 10.3. The van der Waals surface area contributed by atoms with E-state index in [1.807, 2.05) is 0 Å². The van der Waals surface area contributed by atoms with Crippen LogP contribution in [0.2, 0.25) is 0 Å². The highest BCUT2D eigenvalue weighted by atomic mass is 79.9. The maximum absolute atomic E-state index is 12.1. The normalized spacial score (nSPS) is 11.3. The van der Waals surface area contributed by atoms with Crippen molar-refractivity contribution in [2.75, 3.05) is 4.72 Å². The van der Waals surface area contributed by atoms with Gasteiger partial charge >= 0.3 is 0 Å². The van der Waals surface area contributed by atoms with E-state index >= 15 is 0 Å². The minimum Gasteiger partial charge on any atom is -0.358 e. The van der Waals surface area contributed by atoms with Gasteiger partial charge in [-0.15, -0.1) is 0 Å². The van der Waals surface area contributed by atoms with Crippen molar-refractivity contribution in [3.05, 3.63) is 44.6 Å². The Morgan fingerprint density at radius 2 is 2.15 bits per heavy atom. The molecule has 0 fully saturated rings. The van der Waals surface area contributed by atoms with Gasteiger partial charge in [-0.25, -0.2) is 8.42 Å². The number of nitrogens with zero attached hydrogens (tertiary/aromatic N) is 2. The van der Waals surface area contributed by atoms with Crippen molar-refractivity contribution in [1.29, 1.82) is 0 Å². The predicted octanol–water partition coefficient (Wildman–Crippen LogP) is 2.45. The SMILES string of the molecule is Cc1onc(NS(=O)(=O)c2cccc([N+](=O)[O-])c2)c1Br. The molecule has 0 radical (unpaired) electrons. The van der Waals surface area contributed by atoms with Gasteiger partial charge in [-0.1, -0.05) is 11.2 Å². The van der Waals surface area contributed by atoms with Crippen LogP contribution in [0.15, 0.2) is 38.2 Å². The molecule has 0 aliphatic rings. The van der Waals surface area contributed by atoms with Gasteiger partial charge in [-0.05, 0) is 28.9 Å². The molecule has 106 valence electrons. The number of nitro benzene ring substituents is 1. The van der Waals surface area contributed by atoms with Gasteiger partial charge in [0, 0.05) is 12.1 Å². The molecule has 1 aromatic carbocycles. The molecule has 1 aromatic heterocycles. The quantitative estimate of drug-likeness (QED) is 0.660. The second-order valence-corrected chi connectivity index (χ2v) is 6.24. The van der Waals surface area contributed by atoms with Crippen LogP contribution in [0.25, 0.3) is 0 Å². The van der Waals surface area contributed by atoms with Gasteiger partial charge in [0.05, 0.1) is 9.82 Å². The second-order valence-electron chi connectivity index (χ2n) is 3.76. The van der Waals surface area contributed by atoms with Gasteiger partial charge in [0.25, 0.3) is 15.7 Å². The molecule has 2 rings (SSSR count). The second kappa shape index (κ2) is 5.21. The van der Waals surface area contributed by atoms with E-state index in [1.165, 1.54) is 18.2 Å². The molecule has 2 aromatic rings. The monoisotopic (exact) mass is 361 g/mol. The van der Waals surface area contributed by atoms with Crippen molar-refractivity contribution < 1.29 is 17.9 Å². The highest BCUT2D eigenvalue weighted by molar-refractivity contribution is 9.10. The third kappa shape index (κ3) is 2.80. The van der Waals surface area contributed by atoms with Gasteiger partial charge in [0.15, 0.2) is 5.82 Å². The first kappa shape index (κ1) is 14.5. The van der Waals surface area contributed by atoms with Gasteiger partial charge < -0.3 is 4.52 Å². The summed E-state index contributed by atoms with van der Waals surface area (Å²) >= 11 is 3.12. The Hall–Kier alpha value is -1.94. The summed E-state index contributed by atoms with van der Waals surface area (Å²) in [5, 5.41) is 14.2. The third-order valence-electron chi connectivity index (χ3n) is 2.36. The zero-order valence-electron chi connectivity index (χ0n) is 10.0. The summed E-state index contributed by atoms with van der Waals surface area (Å²) in [5.74, 6) is 0.385. The fraction of sp³-hybridized carbons (Fsp3) is 0.100. The van der Waals surface area contributed by atoms with Crippen LogP contribution in [0.3, 0.4) is 0 Å². The van der Waals surface area contributed by atoms with Gasteiger partial charge in [-0.2, -0.15) is 0 Å². The van der Waals surface area contributed by atoms with Crippen LogP contribution in [0.4, 0.5) is 11.5 Å². The molecule has 0 spiro atoms. The molecule has 0 bridgehead atoms. The molecule has 0 unspecified atom stereocenters. The first-order chi connectivity index (χ1) is 9.31. The highest BCUT2D eigenvalue weighted by Crippen LogP contribution is 2.27. The van der Waals surface area contributed by atoms with E-state index in [4.69, 9.17) is 4.52 Å². The maximum Gasteiger partial charge on any atom is 0.270 e. The topological polar surface area (TPSA) is 115 Å². The molecule has 0 saturated heterocycles. The summed E-state index contributed by atoms with van der Waals surface area (Å²) in [6, 6.07) is 4.70. The molecule has 1 N–H and O–H groups in total. The Kier molecular flexibility index (Phi) is 3.77. The van der Waals surface area contributed by atoms with E-state index in [2.05, 4.69) is 25.8 Å². The number of rotatable bonds is 4. The average Bonchev–Trinajstić information content (AvgIpc) is 2.70. The number of benzene rings is 1. The van der Waals surface area contributed by atoms with Crippen LogP contribution >= 0.6 is 15.9 Å². The molecule has 0 atom stereocenters. The first-order valence-electron chi connectivity index (χ1n) is 5.20. The number of aryl methyl sites for hydroxylation is 1. The van der Waals surface area contributed by atoms with E-state index in [0.717, 1.165) is 6.07 Å². The Bertz CT molecular complexity index is 771. The molecule has 1 heterocycles. The van der Waals surface area contributed by atoms with Crippen molar-refractivity contribution in [1.82, 2.24) is 5.16 Å². The lowest BCUT2D eigenvalue weighted by molar-refractivity contribution is -0.385. The van der Waals surface area contributed by atoms with Gasteiger partial charge in [0.1, 0.15) is 10.2 Å². The van der Waals surface area contributed by atoms with Crippen LogP contribution < -0.4 is 4.72 Å². The third-order valence-corrected chi connectivity index (χ3v) is 4.63. The van der Waals surface area contributed by atoms with Crippen molar-refractivity contribution in [3.63, 3.8) is 0 Å². The fourth-order valence-corrected chi connectivity index (χ4v) is 2.80. The number of aromatic nitrogens is 1. The van der Waals surface area contributed by atoms with E-state index < -0.39 is 14.9 Å². The molecule has 20 heavy (non-hydrogen) atoms. The fourth-order valence-electron chi connectivity index (χ4n) is 1.37. The summed E-state index contributed by atoms with van der Waals surface area (Å²) in [4.78, 5) is 9.74. The number of anilines is 1. The first-order valence-corrected chi connectivity index (χ1v) is 7.48. The molecule has 10 heteroatoms. The Morgan fingerprint density at radius 1 is 1.45 bits per heavy atom. The van der Waals surface area contributed by atoms with Crippen molar-refractivity contribution >= 4 is 37.5 Å². The zero-order valence-corrected chi connectivity index (χ0v) is 12.4. The molecular weight excluding hydrogens is 354 g/mol. The number of nitro groups is 1. The summed E-state index contributed by atoms with van der Waals surface area (Å²) in [5.41, 5.74) is -0.316. The Labute approximate surface area is 122 Å². The van der Waals surface area contributed by atoms with E-state index in [9.17, 15) is 18.5 Å². The molecule has 0 aliphatic carbocycles. The number of hydrogen-bond acceptors (Lipinski definition) is 6. The van der Waals surface area contributed by atoms with E-state index in [-0.39, 0.29) is 16.4 Å². The molecular formula is C10H8BrN3O5S. The van der Waals surface area contributed by atoms with E-state index in [0.29, 0.717) is 10.2 Å². The number of sulfonamides is 1. The van der Waals surface area contributed by atoms with Crippen LogP contribution in [0, 0.1) is 17.0 Å². The van der Waals surface area contributed by atoms with Crippen LogP contribution in [0.5, 0.6) is 0 Å². The van der Waals surface area contributed by atoms with Crippen molar-refractivity contribution in [2.45, 2.75) is 11.8 Å². The molecule has 0 aliphatic heterocycles.